The van der Waals surface area contributed by atoms with Crippen LogP contribution >= 0.6 is 0 Å². The molecule has 1 amide bonds. The molecule has 1 heterocycles. The molecule has 0 aliphatic rings. The van der Waals surface area contributed by atoms with Crippen LogP contribution in [0.1, 0.15) is 21.5 Å². The summed E-state index contributed by atoms with van der Waals surface area (Å²) in [6, 6.07) is 5.19. The van der Waals surface area contributed by atoms with Gasteiger partial charge in [-0.3, -0.25) is 4.79 Å². The van der Waals surface area contributed by atoms with Crippen LogP contribution in [0, 0.1) is 11.8 Å². The number of nitrogens with one attached hydrogen (secondary N) is 1. The molecule has 0 atom stereocenters. The van der Waals surface area contributed by atoms with Crippen LogP contribution in [0.25, 0.3) is 0 Å². The Morgan fingerprint density at radius 2 is 1.87 bits per heavy atom. The molecule has 0 fully saturated rings. The monoisotopic (exact) mass is 330 g/mol. The molecule has 0 spiro atoms. The van der Waals surface area contributed by atoms with E-state index in [1.807, 2.05) is 0 Å². The quantitative estimate of drug-likeness (QED) is 0.690. The first-order valence-corrected chi connectivity index (χ1v) is 6.53. The smallest absolute Gasteiger partial charge is 0.352 e. The summed E-state index contributed by atoms with van der Waals surface area (Å²) in [6.45, 7) is -0.147. The van der Waals surface area contributed by atoms with E-state index in [1.165, 1.54) is 12.1 Å². The second-order valence-electron chi connectivity index (χ2n) is 4.65. The lowest BCUT2D eigenvalue weighted by atomic mass is 10.1. The fourth-order valence-corrected chi connectivity index (χ4v) is 1.98. The van der Waals surface area contributed by atoms with Crippen molar-refractivity contribution in [3.63, 3.8) is 0 Å². The van der Waals surface area contributed by atoms with Crippen molar-refractivity contribution in [2.24, 2.45) is 0 Å². The molecule has 1 aromatic heterocycles. The Balaban J connectivity index is 2.05. The van der Waals surface area contributed by atoms with Crippen molar-refractivity contribution in [1.29, 1.82) is 0 Å². The van der Waals surface area contributed by atoms with Gasteiger partial charge < -0.3 is 5.32 Å². The lowest BCUT2D eigenvalue weighted by molar-refractivity contribution is -0.137. The van der Waals surface area contributed by atoms with Crippen LogP contribution in [0.3, 0.4) is 0 Å². The van der Waals surface area contributed by atoms with Gasteiger partial charge in [0, 0.05) is 6.54 Å². The zero-order chi connectivity index (χ0) is 17.0. The molecule has 1 N–H and O–H groups in total. The van der Waals surface area contributed by atoms with Crippen molar-refractivity contribution in [1.82, 2.24) is 10.3 Å². The van der Waals surface area contributed by atoms with Crippen LogP contribution in [-0.2, 0) is 12.6 Å². The third-order valence-corrected chi connectivity index (χ3v) is 3.06. The van der Waals surface area contributed by atoms with Gasteiger partial charge in [-0.05, 0) is 30.2 Å². The highest BCUT2D eigenvalue weighted by Crippen LogP contribution is 2.31. The van der Waals surface area contributed by atoms with E-state index in [4.69, 9.17) is 0 Å². The number of carbonyl (C=O) groups is 1. The first-order chi connectivity index (χ1) is 10.8. The number of pyridine rings is 1. The Morgan fingerprint density at radius 1 is 1.17 bits per heavy atom. The number of hydrogen-bond donors (Lipinski definition) is 1. The van der Waals surface area contributed by atoms with E-state index < -0.39 is 35.0 Å². The molecule has 2 aromatic rings. The number of nitrogens with zero attached hydrogens (tertiary/aromatic N) is 1. The zero-order valence-corrected chi connectivity index (χ0v) is 11.6. The summed E-state index contributed by atoms with van der Waals surface area (Å²) in [5, 5.41) is 2.26. The number of amides is 1. The van der Waals surface area contributed by atoms with Gasteiger partial charge in [-0.1, -0.05) is 12.1 Å². The molecule has 0 saturated carbocycles. The molecule has 0 aliphatic carbocycles. The Hall–Kier alpha value is -2.51. The van der Waals surface area contributed by atoms with Crippen molar-refractivity contribution < 1.29 is 26.7 Å². The molecule has 2 rings (SSSR count). The highest BCUT2D eigenvalue weighted by atomic mass is 19.4. The summed E-state index contributed by atoms with van der Waals surface area (Å²) < 4.78 is 64.7. The van der Waals surface area contributed by atoms with Gasteiger partial charge in [-0.15, -0.1) is 0 Å². The Labute approximate surface area is 128 Å². The van der Waals surface area contributed by atoms with Gasteiger partial charge in [0.25, 0.3) is 5.91 Å². The zero-order valence-electron chi connectivity index (χ0n) is 11.6. The summed E-state index contributed by atoms with van der Waals surface area (Å²) in [5.41, 5.74) is -1.61. The number of hydrogen-bond acceptors (Lipinski definition) is 2. The standard InChI is InChI=1S/C15H11F5N2O/c16-12-8-22-13(17)7-9(12)5-6-21-14(23)10-3-1-2-4-11(10)15(18,19)20/h1-4,7-8H,5-6H2,(H,21,23). The molecule has 8 heteroatoms. The average molecular weight is 330 g/mol. The molecular weight excluding hydrogens is 319 g/mol. The maximum absolute atomic E-state index is 13.3. The number of aromatic nitrogens is 1. The first kappa shape index (κ1) is 16.9. The molecule has 0 bridgehead atoms. The van der Waals surface area contributed by atoms with Gasteiger partial charge in [0.15, 0.2) is 0 Å². The third kappa shape index (κ3) is 4.24. The van der Waals surface area contributed by atoms with Crippen molar-refractivity contribution in [2.45, 2.75) is 12.6 Å². The Bertz CT molecular complexity index is 715. The predicted octanol–water partition coefficient (Wildman–Crippen LogP) is 3.35. The lowest BCUT2D eigenvalue weighted by Gasteiger charge is -2.12. The molecule has 0 aliphatic heterocycles. The van der Waals surface area contributed by atoms with Gasteiger partial charge in [-0.2, -0.15) is 17.6 Å². The molecule has 0 unspecified atom stereocenters. The Morgan fingerprint density at radius 3 is 2.57 bits per heavy atom. The fourth-order valence-electron chi connectivity index (χ4n) is 1.98. The normalized spacial score (nSPS) is 11.3. The fraction of sp³-hybridized carbons (Fsp3) is 0.200. The second kappa shape index (κ2) is 6.72. The van der Waals surface area contributed by atoms with Crippen LogP contribution in [0.5, 0.6) is 0 Å². The van der Waals surface area contributed by atoms with E-state index in [2.05, 4.69) is 10.3 Å². The minimum Gasteiger partial charge on any atom is -0.352 e. The van der Waals surface area contributed by atoms with Crippen molar-refractivity contribution >= 4 is 5.91 Å². The highest BCUT2D eigenvalue weighted by Gasteiger charge is 2.34. The van der Waals surface area contributed by atoms with Gasteiger partial charge in [0.05, 0.1) is 17.3 Å². The lowest BCUT2D eigenvalue weighted by Crippen LogP contribution is -2.28. The number of rotatable bonds is 4. The Kier molecular flexibility index (Phi) is 4.92. The summed E-state index contributed by atoms with van der Waals surface area (Å²) in [4.78, 5) is 15.0. The SMILES string of the molecule is O=C(NCCc1cc(F)ncc1F)c1ccccc1C(F)(F)F. The van der Waals surface area contributed by atoms with E-state index >= 15 is 0 Å². The molecule has 0 radical (unpaired) electrons. The van der Waals surface area contributed by atoms with Crippen LogP contribution in [-0.4, -0.2) is 17.4 Å². The van der Waals surface area contributed by atoms with Gasteiger partial charge in [-0.25, -0.2) is 9.37 Å². The van der Waals surface area contributed by atoms with Gasteiger partial charge in [0.2, 0.25) is 5.95 Å². The molecule has 23 heavy (non-hydrogen) atoms. The van der Waals surface area contributed by atoms with Crippen molar-refractivity contribution in [3.05, 3.63) is 65.0 Å². The van der Waals surface area contributed by atoms with E-state index in [-0.39, 0.29) is 18.5 Å². The van der Waals surface area contributed by atoms with Gasteiger partial charge in [0.1, 0.15) is 5.82 Å². The molecular formula is C15H11F5N2O. The van der Waals surface area contributed by atoms with Crippen molar-refractivity contribution in [3.8, 4) is 0 Å². The number of halogens is 5. The molecule has 122 valence electrons. The first-order valence-electron chi connectivity index (χ1n) is 6.53. The number of benzene rings is 1. The van der Waals surface area contributed by atoms with Crippen LogP contribution in [0.4, 0.5) is 22.0 Å². The number of carbonyl (C=O) groups excluding carboxylic acids is 1. The summed E-state index contributed by atoms with van der Waals surface area (Å²) in [7, 11) is 0. The van der Waals surface area contributed by atoms with E-state index in [0.717, 1.165) is 18.2 Å². The average Bonchev–Trinajstić information content (AvgIpc) is 2.49. The van der Waals surface area contributed by atoms with Crippen LogP contribution < -0.4 is 5.32 Å². The summed E-state index contributed by atoms with van der Waals surface area (Å²) in [5.74, 6) is -2.57. The van der Waals surface area contributed by atoms with E-state index in [0.29, 0.717) is 6.20 Å². The van der Waals surface area contributed by atoms with E-state index in [9.17, 15) is 26.7 Å². The topological polar surface area (TPSA) is 42.0 Å². The summed E-state index contributed by atoms with van der Waals surface area (Å²) in [6.07, 6.45) is -4.04. The maximum Gasteiger partial charge on any atom is 0.417 e. The van der Waals surface area contributed by atoms with E-state index in [1.54, 1.807) is 0 Å². The number of alkyl halides is 3. The maximum atomic E-state index is 13.3. The summed E-state index contributed by atoms with van der Waals surface area (Å²) >= 11 is 0. The molecule has 0 saturated heterocycles. The van der Waals surface area contributed by atoms with Gasteiger partial charge >= 0.3 is 6.18 Å². The minimum atomic E-state index is -4.66. The van der Waals surface area contributed by atoms with Crippen LogP contribution in [0.15, 0.2) is 36.5 Å². The molecule has 1 aromatic carbocycles. The van der Waals surface area contributed by atoms with Crippen molar-refractivity contribution in [2.75, 3.05) is 6.54 Å². The largest absolute Gasteiger partial charge is 0.417 e. The third-order valence-electron chi connectivity index (χ3n) is 3.06. The minimum absolute atomic E-state index is 0.0260. The van der Waals surface area contributed by atoms with Crippen LogP contribution in [0.2, 0.25) is 0 Å². The predicted molar refractivity (Wildman–Crippen MR) is 71.6 cm³/mol. The highest BCUT2D eigenvalue weighted by molar-refractivity contribution is 5.95. The second-order valence-corrected chi connectivity index (χ2v) is 4.65. The molecule has 3 nitrogen and oxygen atoms in total.